The van der Waals surface area contributed by atoms with Gasteiger partial charge < -0.3 is 9.15 Å². The number of aryl methyl sites for hydroxylation is 1. The number of ether oxygens (including phenoxy) is 1. The van der Waals surface area contributed by atoms with Gasteiger partial charge in [0.2, 0.25) is 5.91 Å². The molecule has 35 heavy (non-hydrogen) atoms. The molecule has 0 spiro atoms. The number of morpholine rings is 1. The van der Waals surface area contributed by atoms with Crippen molar-refractivity contribution in [1.29, 1.82) is 0 Å². The minimum Gasteiger partial charge on any atom is -0.463 e. The summed E-state index contributed by atoms with van der Waals surface area (Å²) >= 11 is 1.46. The molecule has 8 heteroatoms. The monoisotopic (exact) mass is 487 g/mol. The number of hydrogen-bond donors (Lipinski definition) is 1. The van der Waals surface area contributed by atoms with E-state index in [0.29, 0.717) is 21.7 Å². The highest BCUT2D eigenvalue weighted by molar-refractivity contribution is 7.16. The van der Waals surface area contributed by atoms with Gasteiger partial charge in [-0.25, -0.2) is 4.98 Å². The highest BCUT2D eigenvalue weighted by Crippen LogP contribution is 2.32. The number of amides is 1. The van der Waals surface area contributed by atoms with Crippen molar-refractivity contribution in [3.63, 3.8) is 0 Å². The molecule has 4 aromatic rings. The fourth-order valence-electron chi connectivity index (χ4n) is 3.98. The SMILES string of the molecule is Cc1ccc2occ(/C=C/C(=O)Nc3nc(-c4ccccc4)c(CN4CCOCC4)s3)c(=O)c2c1. The van der Waals surface area contributed by atoms with Crippen LogP contribution in [0.4, 0.5) is 5.13 Å². The van der Waals surface area contributed by atoms with Crippen LogP contribution < -0.4 is 10.7 Å². The minimum atomic E-state index is -0.361. The van der Waals surface area contributed by atoms with E-state index >= 15 is 0 Å². The van der Waals surface area contributed by atoms with Crippen molar-refractivity contribution < 1.29 is 13.9 Å². The fourth-order valence-corrected chi connectivity index (χ4v) is 5.01. The standard InChI is InChI=1S/C27H25N3O4S/c1-18-7-9-22-21(15-18)26(32)20(17-34-22)8-10-24(31)28-27-29-25(19-5-3-2-4-6-19)23(35-27)16-30-11-13-33-14-12-30/h2-10,15,17H,11-14,16H2,1H3,(H,28,29,31)/b10-8+. The number of carbonyl (C=O) groups excluding carboxylic acids is 1. The Hall–Kier alpha value is -3.59. The molecule has 1 amide bonds. The van der Waals surface area contributed by atoms with Gasteiger partial charge in [0, 0.05) is 36.2 Å². The minimum absolute atomic E-state index is 0.174. The van der Waals surface area contributed by atoms with Gasteiger partial charge in [0.1, 0.15) is 11.8 Å². The molecule has 1 saturated heterocycles. The smallest absolute Gasteiger partial charge is 0.250 e. The lowest BCUT2D eigenvalue weighted by molar-refractivity contribution is -0.111. The zero-order chi connectivity index (χ0) is 24.2. The van der Waals surface area contributed by atoms with E-state index in [4.69, 9.17) is 14.1 Å². The number of anilines is 1. The van der Waals surface area contributed by atoms with E-state index in [9.17, 15) is 9.59 Å². The van der Waals surface area contributed by atoms with Crippen LogP contribution in [-0.2, 0) is 16.1 Å². The van der Waals surface area contributed by atoms with Crippen molar-refractivity contribution in [2.75, 3.05) is 31.6 Å². The van der Waals surface area contributed by atoms with Crippen LogP contribution in [0.15, 0.2) is 70.1 Å². The molecule has 1 aliphatic heterocycles. The van der Waals surface area contributed by atoms with Gasteiger partial charge in [-0.1, -0.05) is 53.3 Å². The largest absolute Gasteiger partial charge is 0.463 e. The molecular formula is C27H25N3O4S. The van der Waals surface area contributed by atoms with Gasteiger partial charge in [-0.3, -0.25) is 19.8 Å². The van der Waals surface area contributed by atoms with Crippen molar-refractivity contribution >= 4 is 39.4 Å². The number of hydrogen-bond acceptors (Lipinski definition) is 7. The molecule has 1 N–H and O–H groups in total. The number of rotatable bonds is 6. The second kappa shape index (κ2) is 10.4. The summed E-state index contributed by atoms with van der Waals surface area (Å²) in [7, 11) is 0. The third-order valence-corrected chi connectivity index (χ3v) is 6.77. The van der Waals surface area contributed by atoms with Gasteiger partial charge in [-0.2, -0.15) is 0 Å². The molecule has 2 aromatic heterocycles. The summed E-state index contributed by atoms with van der Waals surface area (Å²) in [4.78, 5) is 33.6. The molecule has 3 heterocycles. The number of benzene rings is 2. The molecule has 5 rings (SSSR count). The summed E-state index contributed by atoms with van der Waals surface area (Å²) in [6.07, 6.45) is 4.18. The van der Waals surface area contributed by atoms with Gasteiger partial charge in [0.25, 0.3) is 0 Å². The maximum atomic E-state index is 12.8. The Kier molecular flexibility index (Phi) is 6.85. The second-order valence-electron chi connectivity index (χ2n) is 8.39. The van der Waals surface area contributed by atoms with E-state index in [-0.39, 0.29) is 11.3 Å². The molecule has 0 saturated carbocycles. The average Bonchev–Trinajstić information content (AvgIpc) is 3.27. The topological polar surface area (TPSA) is 84.7 Å². The summed E-state index contributed by atoms with van der Waals surface area (Å²) in [5.74, 6) is -0.361. The zero-order valence-corrected chi connectivity index (χ0v) is 20.1. The normalized spacial score (nSPS) is 14.5. The highest BCUT2D eigenvalue weighted by atomic mass is 32.1. The Morgan fingerprint density at radius 3 is 2.77 bits per heavy atom. The van der Waals surface area contributed by atoms with E-state index in [1.165, 1.54) is 29.8 Å². The van der Waals surface area contributed by atoms with Gasteiger partial charge in [-0.05, 0) is 25.1 Å². The highest BCUT2D eigenvalue weighted by Gasteiger charge is 2.18. The lowest BCUT2D eigenvalue weighted by Gasteiger charge is -2.26. The Balaban J connectivity index is 1.36. The van der Waals surface area contributed by atoms with Crippen LogP contribution in [0.2, 0.25) is 0 Å². The second-order valence-corrected chi connectivity index (χ2v) is 9.47. The van der Waals surface area contributed by atoms with Crippen LogP contribution in [0.3, 0.4) is 0 Å². The summed E-state index contributed by atoms with van der Waals surface area (Å²) in [6.45, 7) is 5.83. The Bertz CT molecular complexity index is 1440. The maximum absolute atomic E-state index is 12.8. The lowest BCUT2D eigenvalue weighted by atomic mass is 10.1. The predicted octanol–water partition coefficient (Wildman–Crippen LogP) is 4.71. The number of carbonyl (C=O) groups is 1. The summed E-state index contributed by atoms with van der Waals surface area (Å²) in [5, 5.41) is 3.86. The first-order chi connectivity index (χ1) is 17.1. The molecule has 178 valence electrons. The predicted molar refractivity (Wildman–Crippen MR) is 139 cm³/mol. The molecule has 0 atom stereocenters. The van der Waals surface area contributed by atoms with Crippen molar-refractivity contribution in [2.24, 2.45) is 0 Å². The van der Waals surface area contributed by atoms with Crippen LogP contribution >= 0.6 is 11.3 Å². The van der Waals surface area contributed by atoms with E-state index in [0.717, 1.165) is 54.5 Å². The third kappa shape index (κ3) is 5.40. The van der Waals surface area contributed by atoms with Crippen LogP contribution in [0.25, 0.3) is 28.3 Å². The number of nitrogens with zero attached hydrogens (tertiary/aromatic N) is 2. The van der Waals surface area contributed by atoms with E-state index in [1.807, 2.05) is 43.3 Å². The first-order valence-electron chi connectivity index (χ1n) is 11.4. The average molecular weight is 488 g/mol. The number of nitrogens with one attached hydrogen (secondary N) is 1. The molecule has 7 nitrogen and oxygen atoms in total. The lowest BCUT2D eigenvalue weighted by Crippen LogP contribution is -2.35. The quantitative estimate of drug-likeness (QED) is 0.397. The molecule has 2 aromatic carbocycles. The van der Waals surface area contributed by atoms with Gasteiger partial charge in [0.15, 0.2) is 10.6 Å². The fraction of sp³-hybridized carbons (Fsp3) is 0.222. The van der Waals surface area contributed by atoms with E-state index in [1.54, 1.807) is 12.1 Å². The third-order valence-electron chi connectivity index (χ3n) is 5.81. The van der Waals surface area contributed by atoms with Crippen LogP contribution in [0.5, 0.6) is 0 Å². The summed E-state index contributed by atoms with van der Waals surface area (Å²) in [6, 6.07) is 15.4. The molecule has 1 aliphatic rings. The van der Waals surface area contributed by atoms with Gasteiger partial charge in [-0.15, -0.1) is 0 Å². The van der Waals surface area contributed by atoms with Crippen molar-refractivity contribution in [2.45, 2.75) is 13.5 Å². The Morgan fingerprint density at radius 2 is 1.97 bits per heavy atom. The van der Waals surface area contributed by atoms with Crippen molar-refractivity contribution in [3.05, 3.63) is 87.1 Å². The van der Waals surface area contributed by atoms with Crippen LogP contribution in [0.1, 0.15) is 16.0 Å². The van der Waals surface area contributed by atoms with Crippen molar-refractivity contribution in [3.8, 4) is 11.3 Å². The number of aromatic nitrogens is 1. The van der Waals surface area contributed by atoms with Crippen molar-refractivity contribution in [1.82, 2.24) is 9.88 Å². The molecule has 1 fully saturated rings. The van der Waals surface area contributed by atoms with Gasteiger partial charge in [0.05, 0.1) is 29.9 Å². The molecular weight excluding hydrogens is 462 g/mol. The van der Waals surface area contributed by atoms with Crippen LogP contribution in [0, 0.1) is 6.92 Å². The summed E-state index contributed by atoms with van der Waals surface area (Å²) < 4.78 is 11.0. The molecule has 0 radical (unpaired) electrons. The van der Waals surface area contributed by atoms with E-state index in [2.05, 4.69) is 10.2 Å². The van der Waals surface area contributed by atoms with Crippen LogP contribution in [-0.4, -0.2) is 42.1 Å². The van der Waals surface area contributed by atoms with Gasteiger partial charge >= 0.3 is 0 Å². The Labute approximate surface area is 206 Å². The maximum Gasteiger partial charge on any atom is 0.250 e. The first kappa shape index (κ1) is 23.2. The molecule has 0 aliphatic carbocycles. The van der Waals surface area contributed by atoms with E-state index < -0.39 is 0 Å². The molecule has 0 unspecified atom stereocenters. The number of thiazole rings is 1. The summed E-state index contributed by atoms with van der Waals surface area (Å²) in [5.41, 5.74) is 3.50. The zero-order valence-electron chi connectivity index (χ0n) is 19.3. The Morgan fingerprint density at radius 1 is 1.17 bits per heavy atom. The number of fused-ring (bicyclic) bond motifs is 1. The first-order valence-corrected chi connectivity index (χ1v) is 12.2. The molecule has 0 bridgehead atoms.